The fourth-order valence-electron chi connectivity index (χ4n) is 12.9. The first-order valence-corrected chi connectivity index (χ1v) is 38.2. The zero-order valence-electron chi connectivity index (χ0n) is 58.7. The van der Waals surface area contributed by atoms with Crippen LogP contribution in [0.3, 0.4) is 0 Å². The van der Waals surface area contributed by atoms with Crippen LogP contribution in [0.5, 0.6) is 0 Å². The lowest BCUT2D eigenvalue weighted by molar-refractivity contribution is 0.604. The van der Waals surface area contributed by atoms with E-state index in [1.54, 1.807) is 24.3 Å². The lowest BCUT2D eigenvalue weighted by Crippen LogP contribution is -2.55. The number of anilines is 12. The number of rotatable bonds is 12. The van der Waals surface area contributed by atoms with E-state index < -0.39 is 0 Å². The first-order valence-electron chi connectivity index (χ1n) is 34.7. The fraction of sp³-hybridized carbons (Fsp3) is 0.153. The Hall–Kier alpha value is -9.80. The monoisotopic (exact) mass is 1700 g/mol. The Bertz CT molecular complexity index is 3700. The Morgan fingerprint density at radius 1 is 0.185 bits per heavy atom. The van der Waals surface area contributed by atoms with Gasteiger partial charge < -0.3 is 58.8 Å². The van der Waals surface area contributed by atoms with Crippen molar-refractivity contribution in [1.29, 1.82) is 0 Å². The molecule has 0 N–H and O–H groups in total. The Morgan fingerprint density at radius 2 is 0.296 bits per heavy atom. The lowest BCUT2D eigenvalue weighted by Gasteiger charge is -2.45. The molecule has 4 saturated heterocycles. The zero-order chi connectivity index (χ0) is 75.2. The van der Waals surface area contributed by atoms with E-state index in [4.69, 9.17) is 34.8 Å². The summed E-state index contributed by atoms with van der Waals surface area (Å²) in [5, 5.41) is 2.12. The molecule has 0 spiro atoms. The van der Waals surface area contributed by atoms with Gasteiger partial charge >= 0.3 is 0 Å². The topological polar surface area (TPSA) is 38.9 Å². The summed E-state index contributed by atoms with van der Waals surface area (Å²) in [6.07, 6.45) is 0. The van der Waals surface area contributed by atoms with Crippen LogP contribution >= 0.6 is 82.6 Å². The van der Waals surface area contributed by atoms with Gasteiger partial charge in [-0.25, -0.2) is 22.0 Å². The van der Waals surface area contributed by atoms with E-state index in [1.807, 2.05) is 121 Å². The molecule has 0 aromatic heterocycles. The molecule has 4 fully saturated rings. The van der Waals surface area contributed by atoms with Crippen molar-refractivity contribution in [2.24, 2.45) is 0 Å². The van der Waals surface area contributed by atoms with Gasteiger partial charge in [-0.1, -0.05) is 100 Å². The Kier molecular flexibility index (Phi) is 25.4. The van der Waals surface area contributed by atoms with Crippen molar-refractivity contribution in [2.75, 3.05) is 139 Å². The van der Waals surface area contributed by atoms with Crippen molar-refractivity contribution in [3.8, 4) is 0 Å². The van der Waals surface area contributed by atoms with Crippen molar-refractivity contribution in [3.63, 3.8) is 0 Å². The summed E-state index contributed by atoms with van der Waals surface area (Å²) >= 11 is 28.6. The molecule has 23 heteroatoms. The third-order valence-electron chi connectivity index (χ3n) is 18.6. The second kappa shape index (κ2) is 35.9. The molecule has 12 nitrogen and oxygen atoms in total. The minimum Gasteiger partial charge on any atom is -0.336 e. The third kappa shape index (κ3) is 20.5. The predicted molar refractivity (Wildman–Crippen MR) is 448 cm³/mol. The normalized spacial score (nSPS) is 14.6. The zero-order valence-corrected chi connectivity index (χ0v) is 65.7. The maximum absolute atomic E-state index is 13.4. The summed E-state index contributed by atoms with van der Waals surface area (Å²) in [7, 11) is 0. The van der Waals surface area contributed by atoms with Crippen LogP contribution in [0, 0.1) is 36.0 Å². The molecular formula is C85H75Br3Cl3F5N12. The Balaban J connectivity index is 0.000000127. The van der Waals surface area contributed by atoms with Crippen molar-refractivity contribution >= 4 is 151 Å². The highest BCUT2D eigenvalue weighted by atomic mass is 79.9. The summed E-state index contributed by atoms with van der Waals surface area (Å²) in [5.41, 5.74) is 13.8. The van der Waals surface area contributed by atoms with Gasteiger partial charge in [-0.3, -0.25) is 0 Å². The fourth-order valence-corrected chi connectivity index (χ4v) is 14.1. The predicted octanol–water partition coefficient (Wildman–Crippen LogP) is 22.8. The summed E-state index contributed by atoms with van der Waals surface area (Å²) in [6.45, 7) is 10.6. The smallest absolute Gasteiger partial charge is 0.123 e. The standard InChI is InChI=1S/C22H21ClFN3.C21H18Br2FN3.C21H18BrClFN3.C21H18ClF2N3/c1-17-2-8-20(9-3-17)25-14-26(21-10-4-18(23)5-11-21)16-27(15-25)22-12-6-19(24)7-13-22;3*22-16-1-7-19(8-2-16)25-13-26(20-9-3-17(23)4-10-20)15-27(14-25)21-11-5-18(24)6-12-21/h2-13H,14-16H2,1H3;3*1-12H,13-15H2. The number of nitrogens with zero attached hydrogens (tertiary/aromatic N) is 12. The van der Waals surface area contributed by atoms with Crippen molar-refractivity contribution in [3.05, 3.63) is 354 Å². The molecule has 108 heavy (non-hydrogen) atoms. The molecule has 16 rings (SSSR count). The van der Waals surface area contributed by atoms with Gasteiger partial charge in [0.2, 0.25) is 0 Å². The van der Waals surface area contributed by atoms with Crippen LogP contribution in [0.2, 0.25) is 15.1 Å². The van der Waals surface area contributed by atoms with Crippen LogP contribution in [0.25, 0.3) is 0 Å². The highest BCUT2D eigenvalue weighted by molar-refractivity contribution is 9.11. The van der Waals surface area contributed by atoms with Crippen LogP contribution < -0.4 is 58.8 Å². The SMILES string of the molecule is Cc1ccc(N2CN(c3ccc(F)cc3)CN(c3ccc(Cl)cc3)C2)cc1.Fc1ccc(N2CN(c3ccc(Br)cc3)CN(c3ccc(Br)cc3)C2)cc1.Fc1ccc(N2CN(c3ccc(Cl)cc3)CN(c3ccc(Br)cc3)C2)cc1.Fc1ccc(N2CN(c3ccc(F)cc3)CN(c3ccc(Cl)cc3)C2)cc1. The summed E-state index contributed by atoms with van der Waals surface area (Å²) in [4.78, 5) is 26.9. The van der Waals surface area contributed by atoms with Gasteiger partial charge in [-0.15, -0.1) is 0 Å². The van der Waals surface area contributed by atoms with Gasteiger partial charge in [0.15, 0.2) is 0 Å². The highest BCUT2D eigenvalue weighted by Crippen LogP contribution is 2.34. The molecule has 12 aromatic carbocycles. The molecule has 0 aliphatic carbocycles. The van der Waals surface area contributed by atoms with Crippen molar-refractivity contribution in [2.45, 2.75) is 6.92 Å². The molecule has 0 radical (unpaired) electrons. The Morgan fingerprint density at radius 3 is 0.435 bits per heavy atom. The molecule has 4 aliphatic heterocycles. The maximum Gasteiger partial charge on any atom is 0.123 e. The third-order valence-corrected chi connectivity index (χ3v) is 20.9. The van der Waals surface area contributed by atoms with Crippen LogP contribution in [-0.2, 0) is 0 Å². The number of benzene rings is 12. The Labute approximate surface area is 667 Å². The van der Waals surface area contributed by atoms with E-state index in [0.29, 0.717) is 31.7 Å². The number of halogens is 11. The quantitative estimate of drug-likeness (QED) is 0.109. The van der Waals surface area contributed by atoms with Gasteiger partial charge in [0.1, 0.15) is 29.1 Å². The first kappa shape index (κ1) is 76.4. The lowest BCUT2D eigenvalue weighted by atomic mass is 10.2. The molecule has 0 saturated carbocycles. The number of hydrogen-bond donors (Lipinski definition) is 0. The molecule has 0 amide bonds. The van der Waals surface area contributed by atoms with E-state index >= 15 is 0 Å². The van der Waals surface area contributed by atoms with Crippen molar-refractivity contribution in [1.82, 2.24) is 0 Å². The second-order valence-corrected chi connectivity index (χ2v) is 30.3. The van der Waals surface area contributed by atoms with Gasteiger partial charge in [0, 0.05) is 96.7 Å². The molecule has 4 aliphatic rings. The van der Waals surface area contributed by atoms with E-state index in [2.05, 4.69) is 198 Å². The molecule has 0 atom stereocenters. The van der Waals surface area contributed by atoms with Crippen LogP contribution in [0.4, 0.5) is 90.2 Å². The average Bonchev–Trinajstić information content (AvgIpc) is 0.817. The van der Waals surface area contributed by atoms with Gasteiger partial charge in [-0.05, 0) is 286 Å². The van der Waals surface area contributed by atoms with E-state index in [-0.39, 0.29) is 29.1 Å². The minimum absolute atomic E-state index is 0.217. The van der Waals surface area contributed by atoms with Gasteiger partial charge in [0.05, 0.1) is 80.0 Å². The van der Waals surface area contributed by atoms with Crippen LogP contribution in [-0.4, -0.2) is 80.0 Å². The molecule has 4 heterocycles. The van der Waals surface area contributed by atoms with E-state index in [9.17, 15) is 22.0 Å². The van der Waals surface area contributed by atoms with E-state index in [0.717, 1.165) is 145 Å². The summed E-state index contributed by atoms with van der Waals surface area (Å²) < 4.78 is 69.9. The summed E-state index contributed by atoms with van der Waals surface area (Å²) in [6, 6.07) is 89.7. The second-order valence-electron chi connectivity index (χ2n) is 26.3. The van der Waals surface area contributed by atoms with Crippen molar-refractivity contribution < 1.29 is 22.0 Å². The number of aryl methyl sites for hydroxylation is 1. The molecule has 0 bridgehead atoms. The van der Waals surface area contributed by atoms with Gasteiger partial charge in [-0.2, -0.15) is 0 Å². The van der Waals surface area contributed by atoms with Gasteiger partial charge in [0.25, 0.3) is 0 Å². The van der Waals surface area contributed by atoms with Crippen LogP contribution in [0.1, 0.15) is 5.56 Å². The largest absolute Gasteiger partial charge is 0.336 e. The summed E-state index contributed by atoms with van der Waals surface area (Å²) in [5.74, 6) is -1.19. The first-order chi connectivity index (χ1) is 52.3. The highest BCUT2D eigenvalue weighted by Gasteiger charge is 2.29. The average molecular weight is 1710 g/mol. The molecule has 0 unspecified atom stereocenters. The molecule has 552 valence electrons. The number of hydrogen-bond acceptors (Lipinski definition) is 12. The molecule has 12 aromatic rings. The van der Waals surface area contributed by atoms with Crippen LogP contribution in [0.15, 0.2) is 305 Å². The minimum atomic E-state index is -0.263. The molecular weight excluding hydrogens is 1630 g/mol. The maximum atomic E-state index is 13.4. The van der Waals surface area contributed by atoms with E-state index in [1.165, 1.54) is 66.2 Å².